The van der Waals surface area contributed by atoms with Crippen molar-refractivity contribution in [3.8, 4) is 0 Å². The van der Waals surface area contributed by atoms with Gasteiger partial charge in [0.2, 0.25) is 0 Å². The molecule has 1 aliphatic carbocycles. The van der Waals surface area contributed by atoms with Gasteiger partial charge < -0.3 is 10.2 Å². The minimum atomic E-state index is -3.01. The zero-order valence-electron chi connectivity index (χ0n) is 13.5. The monoisotopic (exact) mass is 336 g/mol. The normalized spacial score (nSPS) is 26.9. The first-order valence-electron chi connectivity index (χ1n) is 8.31. The van der Waals surface area contributed by atoms with Crippen molar-refractivity contribution < 1.29 is 13.2 Å². The second-order valence-electron chi connectivity index (χ2n) is 6.60. The molecule has 1 aromatic carbocycles. The number of urea groups is 1. The first-order chi connectivity index (χ1) is 11.0. The van der Waals surface area contributed by atoms with Crippen LogP contribution in [0.25, 0.3) is 0 Å². The highest BCUT2D eigenvalue weighted by atomic mass is 32.2. The van der Waals surface area contributed by atoms with E-state index in [1.54, 1.807) is 11.8 Å². The van der Waals surface area contributed by atoms with Crippen LogP contribution in [0.1, 0.15) is 43.4 Å². The standard InChI is InChI=1S/C17H24N2O3S/c1-13-12-23(21,22)11-10-19(13)17(20)18-16-9-5-3-7-14-6-2-4-8-15(14)16/h2,4,6,8,13,16H,3,5,7,9-12H2,1H3,(H,18,20)/t13-,16+/m1/s1. The smallest absolute Gasteiger partial charge is 0.318 e. The molecule has 0 spiro atoms. The van der Waals surface area contributed by atoms with E-state index in [1.807, 2.05) is 12.1 Å². The van der Waals surface area contributed by atoms with E-state index >= 15 is 0 Å². The third-order valence-electron chi connectivity index (χ3n) is 4.85. The molecule has 2 atom stereocenters. The molecule has 1 aliphatic heterocycles. The third kappa shape index (κ3) is 3.68. The maximum absolute atomic E-state index is 12.6. The van der Waals surface area contributed by atoms with Crippen LogP contribution in [0.3, 0.4) is 0 Å². The summed E-state index contributed by atoms with van der Waals surface area (Å²) in [6.45, 7) is 2.08. The summed E-state index contributed by atoms with van der Waals surface area (Å²) in [7, 11) is -3.01. The lowest BCUT2D eigenvalue weighted by molar-refractivity contribution is 0.180. The molecule has 1 saturated heterocycles. The van der Waals surface area contributed by atoms with Crippen LogP contribution in [0.2, 0.25) is 0 Å². The van der Waals surface area contributed by atoms with Crippen molar-refractivity contribution in [1.82, 2.24) is 10.2 Å². The molecule has 1 aromatic rings. The summed E-state index contributed by atoms with van der Waals surface area (Å²) < 4.78 is 23.3. The van der Waals surface area contributed by atoms with Crippen LogP contribution in [-0.2, 0) is 16.3 Å². The molecule has 0 saturated carbocycles. The Morgan fingerprint density at radius 1 is 1.26 bits per heavy atom. The Labute approximate surface area is 138 Å². The van der Waals surface area contributed by atoms with Gasteiger partial charge >= 0.3 is 6.03 Å². The summed E-state index contributed by atoms with van der Waals surface area (Å²) in [5, 5.41) is 3.13. The molecule has 1 heterocycles. The first kappa shape index (κ1) is 16.3. The number of nitrogens with one attached hydrogen (secondary N) is 1. The van der Waals surface area contributed by atoms with E-state index < -0.39 is 9.84 Å². The number of sulfone groups is 1. The molecule has 2 amide bonds. The Bertz CT molecular complexity index is 687. The van der Waals surface area contributed by atoms with Crippen molar-refractivity contribution in [2.45, 2.75) is 44.7 Å². The molecule has 3 rings (SSSR count). The summed E-state index contributed by atoms with van der Waals surface area (Å²) in [6, 6.07) is 7.89. The molecule has 2 aliphatic rings. The molecule has 126 valence electrons. The van der Waals surface area contributed by atoms with Crippen molar-refractivity contribution in [2.24, 2.45) is 0 Å². The van der Waals surface area contributed by atoms with E-state index in [2.05, 4.69) is 17.4 Å². The highest BCUT2D eigenvalue weighted by Gasteiger charge is 2.32. The summed E-state index contributed by atoms with van der Waals surface area (Å²) in [5.74, 6) is 0.119. The summed E-state index contributed by atoms with van der Waals surface area (Å²) in [5.41, 5.74) is 2.51. The van der Waals surface area contributed by atoms with E-state index in [4.69, 9.17) is 0 Å². The minimum Gasteiger partial charge on any atom is -0.331 e. The summed E-state index contributed by atoms with van der Waals surface area (Å²) >= 11 is 0. The zero-order valence-corrected chi connectivity index (χ0v) is 14.3. The van der Waals surface area contributed by atoms with Gasteiger partial charge in [0, 0.05) is 12.6 Å². The van der Waals surface area contributed by atoms with E-state index in [0.717, 1.165) is 25.7 Å². The number of aryl methyl sites for hydroxylation is 1. The van der Waals surface area contributed by atoms with Crippen LogP contribution in [0.5, 0.6) is 0 Å². The Morgan fingerprint density at radius 2 is 2.04 bits per heavy atom. The Morgan fingerprint density at radius 3 is 2.83 bits per heavy atom. The van der Waals surface area contributed by atoms with Gasteiger partial charge in [0.1, 0.15) is 0 Å². The SMILES string of the molecule is C[C@@H]1CS(=O)(=O)CCN1C(=O)N[C@H]1CCCCc2ccccc21. The predicted molar refractivity (Wildman–Crippen MR) is 90.1 cm³/mol. The number of rotatable bonds is 1. The number of amides is 2. The van der Waals surface area contributed by atoms with Gasteiger partial charge in [-0.25, -0.2) is 13.2 Å². The Balaban J connectivity index is 1.73. The number of carbonyl (C=O) groups is 1. The molecule has 0 aromatic heterocycles. The molecular formula is C17H24N2O3S. The van der Waals surface area contributed by atoms with E-state index in [9.17, 15) is 13.2 Å². The molecule has 1 fully saturated rings. The van der Waals surface area contributed by atoms with Crippen LogP contribution in [-0.4, -0.2) is 43.4 Å². The van der Waals surface area contributed by atoms with Gasteiger partial charge in [-0.15, -0.1) is 0 Å². The quantitative estimate of drug-likeness (QED) is 0.800. The lowest BCUT2D eigenvalue weighted by Gasteiger charge is -2.34. The van der Waals surface area contributed by atoms with Crippen LogP contribution < -0.4 is 5.32 Å². The Hall–Kier alpha value is -1.56. The number of fused-ring (bicyclic) bond motifs is 1. The lowest BCUT2D eigenvalue weighted by atomic mass is 9.99. The van der Waals surface area contributed by atoms with Gasteiger partial charge in [-0.1, -0.05) is 30.7 Å². The molecule has 6 heteroatoms. The van der Waals surface area contributed by atoms with E-state index in [-0.39, 0.29) is 36.2 Å². The second kappa shape index (κ2) is 6.51. The highest BCUT2D eigenvalue weighted by Crippen LogP contribution is 2.28. The topological polar surface area (TPSA) is 66.5 Å². The molecule has 0 radical (unpaired) electrons. The van der Waals surface area contributed by atoms with Gasteiger partial charge in [0.05, 0.1) is 17.5 Å². The average Bonchev–Trinajstić information content (AvgIpc) is 2.69. The van der Waals surface area contributed by atoms with E-state index in [1.165, 1.54) is 11.1 Å². The average molecular weight is 336 g/mol. The molecule has 23 heavy (non-hydrogen) atoms. The van der Waals surface area contributed by atoms with Crippen molar-refractivity contribution >= 4 is 15.9 Å². The van der Waals surface area contributed by atoms with Crippen LogP contribution in [0.15, 0.2) is 24.3 Å². The highest BCUT2D eigenvalue weighted by molar-refractivity contribution is 7.91. The van der Waals surface area contributed by atoms with Gasteiger partial charge in [-0.2, -0.15) is 0 Å². The van der Waals surface area contributed by atoms with E-state index in [0.29, 0.717) is 0 Å². The van der Waals surface area contributed by atoms with Gasteiger partial charge in [-0.3, -0.25) is 0 Å². The van der Waals surface area contributed by atoms with Crippen LogP contribution in [0.4, 0.5) is 4.79 Å². The van der Waals surface area contributed by atoms with Crippen molar-refractivity contribution in [1.29, 1.82) is 0 Å². The molecule has 0 unspecified atom stereocenters. The molecule has 1 N–H and O–H groups in total. The Kier molecular flexibility index (Phi) is 4.62. The maximum atomic E-state index is 12.6. The third-order valence-corrected chi connectivity index (χ3v) is 6.64. The fourth-order valence-corrected chi connectivity index (χ4v) is 5.16. The van der Waals surface area contributed by atoms with Crippen LogP contribution >= 0.6 is 0 Å². The van der Waals surface area contributed by atoms with Crippen molar-refractivity contribution in [2.75, 3.05) is 18.1 Å². The van der Waals surface area contributed by atoms with Crippen molar-refractivity contribution in [3.63, 3.8) is 0 Å². The number of hydrogen-bond donors (Lipinski definition) is 1. The largest absolute Gasteiger partial charge is 0.331 e. The number of nitrogens with zero attached hydrogens (tertiary/aromatic N) is 1. The lowest BCUT2D eigenvalue weighted by Crippen LogP contribution is -2.53. The minimum absolute atomic E-state index is 0.0203. The second-order valence-corrected chi connectivity index (χ2v) is 8.83. The molecule has 0 bridgehead atoms. The maximum Gasteiger partial charge on any atom is 0.318 e. The molecule has 5 nitrogen and oxygen atoms in total. The number of benzene rings is 1. The van der Waals surface area contributed by atoms with Gasteiger partial charge in [0.15, 0.2) is 9.84 Å². The first-order valence-corrected chi connectivity index (χ1v) is 10.1. The van der Waals surface area contributed by atoms with Gasteiger partial charge in [-0.05, 0) is 37.3 Å². The zero-order chi connectivity index (χ0) is 16.4. The summed E-state index contributed by atoms with van der Waals surface area (Å²) in [4.78, 5) is 14.3. The van der Waals surface area contributed by atoms with Crippen LogP contribution in [0, 0.1) is 0 Å². The number of hydrogen-bond acceptors (Lipinski definition) is 3. The van der Waals surface area contributed by atoms with Crippen molar-refractivity contribution in [3.05, 3.63) is 35.4 Å². The summed E-state index contributed by atoms with van der Waals surface area (Å²) in [6.07, 6.45) is 4.22. The fraction of sp³-hybridized carbons (Fsp3) is 0.588. The molecular weight excluding hydrogens is 312 g/mol. The number of carbonyl (C=O) groups excluding carboxylic acids is 1. The van der Waals surface area contributed by atoms with Gasteiger partial charge in [0.25, 0.3) is 0 Å². The fourth-order valence-electron chi connectivity index (χ4n) is 3.60. The predicted octanol–water partition coefficient (Wildman–Crippen LogP) is 2.28.